The van der Waals surface area contributed by atoms with Crippen LogP contribution in [0, 0.1) is 17.1 Å². The van der Waals surface area contributed by atoms with E-state index in [-0.39, 0.29) is 30.4 Å². The summed E-state index contributed by atoms with van der Waals surface area (Å²) in [6.07, 6.45) is -3.29. The highest BCUT2D eigenvalue weighted by molar-refractivity contribution is 6.07. The van der Waals surface area contributed by atoms with Crippen molar-refractivity contribution in [2.75, 3.05) is 31.2 Å². The molecule has 0 unspecified atom stereocenters. The summed E-state index contributed by atoms with van der Waals surface area (Å²) >= 11 is 0. The molecule has 1 aromatic heterocycles. The van der Waals surface area contributed by atoms with Crippen LogP contribution in [0.5, 0.6) is 0 Å². The van der Waals surface area contributed by atoms with E-state index >= 15 is 0 Å². The van der Waals surface area contributed by atoms with E-state index in [1.807, 2.05) is 0 Å². The lowest BCUT2D eigenvalue weighted by Crippen LogP contribution is -2.56. The predicted molar refractivity (Wildman–Crippen MR) is 167 cm³/mol. The number of nitrogens with zero attached hydrogens (tertiary/aromatic N) is 5. The van der Waals surface area contributed by atoms with Crippen molar-refractivity contribution in [2.45, 2.75) is 70.3 Å². The number of nitriles is 1. The number of carbonyl (C=O) groups excluding carboxylic acids is 3. The first-order valence-electron chi connectivity index (χ1n) is 15.9. The molecule has 1 saturated heterocycles. The van der Waals surface area contributed by atoms with Gasteiger partial charge < -0.3 is 15.0 Å². The highest BCUT2D eigenvalue weighted by atomic mass is 19.4. The summed E-state index contributed by atoms with van der Waals surface area (Å²) < 4.78 is 62.0. The van der Waals surface area contributed by atoms with Crippen LogP contribution in [0.4, 0.5) is 23.4 Å². The van der Waals surface area contributed by atoms with E-state index in [1.165, 1.54) is 40.1 Å². The van der Waals surface area contributed by atoms with E-state index in [0.29, 0.717) is 55.5 Å². The van der Waals surface area contributed by atoms with Crippen LogP contribution in [0.1, 0.15) is 89.5 Å². The van der Waals surface area contributed by atoms with Crippen LogP contribution >= 0.6 is 0 Å². The summed E-state index contributed by atoms with van der Waals surface area (Å²) in [4.78, 5) is 45.2. The third kappa shape index (κ3) is 6.51. The molecule has 3 heterocycles. The number of carbonyl (C=O) groups is 3. The van der Waals surface area contributed by atoms with Crippen molar-refractivity contribution in [3.63, 3.8) is 0 Å². The number of alkyl halides is 3. The second kappa shape index (κ2) is 14.1. The van der Waals surface area contributed by atoms with Gasteiger partial charge in [0, 0.05) is 43.3 Å². The van der Waals surface area contributed by atoms with Crippen LogP contribution in [0.25, 0.3) is 0 Å². The van der Waals surface area contributed by atoms with Crippen molar-refractivity contribution in [1.29, 1.82) is 5.26 Å². The molecule has 3 aromatic rings. The Kier molecular flexibility index (Phi) is 10.2. The molecule has 0 spiro atoms. The molecule has 2 aliphatic rings. The first-order valence-corrected chi connectivity index (χ1v) is 15.9. The minimum Gasteiger partial charge on any atom is -0.381 e. The number of benzene rings is 2. The van der Waals surface area contributed by atoms with Crippen LogP contribution in [-0.4, -0.2) is 70.8 Å². The topological polar surface area (TPSA) is 121 Å². The summed E-state index contributed by atoms with van der Waals surface area (Å²) in [7, 11) is 0. The quantitative estimate of drug-likeness (QED) is 0.303. The predicted octanol–water partition coefficient (Wildman–Crippen LogP) is 5.45. The van der Waals surface area contributed by atoms with Crippen LogP contribution in [0.15, 0.2) is 48.5 Å². The van der Waals surface area contributed by atoms with Crippen LogP contribution < -0.4 is 10.2 Å². The molecular formula is C34H36F4N6O4. The maximum Gasteiger partial charge on any atom is 0.416 e. The molecule has 0 bridgehead atoms. The molecule has 2 aliphatic heterocycles. The minimum atomic E-state index is -4.71. The fraction of sp³-hybridized carbons (Fsp3) is 0.441. The average molecular weight is 669 g/mol. The van der Waals surface area contributed by atoms with Crippen molar-refractivity contribution >= 4 is 23.5 Å². The van der Waals surface area contributed by atoms with Gasteiger partial charge in [0.1, 0.15) is 23.7 Å². The lowest BCUT2D eigenvalue weighted by Gasteiger charge is -2.39. The number of fused-ring (bicyclic) bond motifs is 1. The highest BCUT2D eigenvalue weighted by Gasteiger charge is 2.48. The lowest BCUT2D eigenvalue weighted by molar-refractivity contribution is -0.137. The van der Waals surface area contributed by atoms with Crippen molar-refractivity contribution in [1.82, 2.24) is 20.0 Å². The number of anilines is 1. The first kappa shape index (κ1) is 34.6. The Hall–Kier alpha value is -4.77. The Bertz CT molecular complexity index is 1710. The number of aromatic nitrogens is 2. The molecule has 0 saturated carbocycles. The van der Waals surface area contributed by atoms with Crippen molar-refractivity contribution in [3.8, 4) is 6.07 Å². The summed E-state index contributed by atoms with van der Waals surface area (Å²) in [5, 5.41) is 17.3. The zero-order valence-corrected chi connectivity index (χ0v) is 26.8. The second-order valence-electron chi connectivity index (χ2n) is 11.7. The number of ether oxygens (including phenoxy) is 1. The van der Waals surface area contributed by atoms with Gasteiger partial charge in [0.2, 0.25) is 0 Å². The molecule has 5 rings (SSSR count). The van der Waals surface area contributed by atoms with E-state index in [9.17, 15) is 37.2 Å². The van der Waals surface area contributed by atoms with E-state index in [2.05, 4.69) is 11.4 Å². The normalized spacial score (nSPS) is 19.0. The van der Waals surface area contributed by atoms with Crippen molar-refractivity contribution in [2.24, 2.45) is 0 Å². The van der Waals surface area contributed by atoms with Gasteiger partial charge in [-0.05, 0) is 69.0 Å². The molecule has 254 valence electrons. The zero-order valence-electron chi connectivity index (χ0n) is 26.8. The molecule has 2 aromatic carbocycles. The fourth-order valence-electron chi connectivity index (χ4n) is 6.48. The molecule has 10 nitrogen and oxygen atoms in total. The van der Waals surface area contributed by atoms with Gasteiger partial charge in [0.25, 0.3) is 17.7 Å². The number of hydrogen-bond acceptors (Lipinski definition) is 6. The summed E-state index contributed by atoms with van der Waals surface area (Å²) in [6.45, 7) is 6.36. The third-order valence-electron chi connectivity index (χ3n) is 8.89. The van der Waals surface area contributed by atoms with Gasteiger partial charge in [-0.15, -0.1) is 0 Å². The van der Waals surface area contributed by atoms with E-state index in [1.54, 1.807) is 25.5 Å². The molecule has 1 fully saturated rings. The lowest BCUT2D eigenvalue weighted by atomic mass is 9.80. The summed E-state index contributed by atoms with van der Waals surface area (Å²) in [5.41, 5.74) is -0.737. The van der Waals surface area contributed by atoms with Gasteiger partial charge in [0.05, 0.1) is 17.7 Å². The molecule has 3 atom stereocenters. The van der Waals surface area contributed by atoms with Crippen LogP contribution in [0.2, 0.25) is 0 Å². The van der Waals surface area contributed by atoms with E-state index in [0.717, 1.165) is 12.1 Å². The van der Waals surface area contributed by atoms with Gasteiger partial charge in [-0.3, -0.25) is 19.3 Å². The maximum atomic E-state index is 14.4. The Labute approximate surface area is 275 Å². The molecule has 1 N–H and O–H groups in total. The van der Waals surface area contributed by atoms with Gasteiger partial charge >= 0.3 is 6.18 Å². The SMILES string of the molecule is CC[C@@H](C#N)N(CC)C(=O)c1nn(C2CCOCC2)c2c1[C@H](c1ccc(F)cc1)[C@H](NC(=O)c1cccc(C(F)(F)F)c1)C(=O)N2CC. The van der Waals surface area contributed by atoms with Gasteiger partial charge in [0.15, 0.2) is 5.69 Å². The fourth-order valence-corrected chi connectivity index (χ4v) is 6.48. The number of likely N-dealkylation sites (N-methyl/N-ethyl adjacent to an activating group) is 1. The summed E-state index contributed by atoms with van der Waals surface area (Å²) in [5.74, 6) is -3.42. The van der Waals surface area contributed by atoms with Crippen LogP contribution in [0.3, 0.4) is 0 Å². The zero-order chi connectivity index (χ0) is 34.7. The standard InChI is InChI=1S/C34H36F4N6O4/c1-4-24(19-39)42(5-2)33(47)29-27-26(20-10-12-23(35)13-11-20)28(40-30(45)21-8-7-9-22(18-21)34(36,37)38)32(46)43(6-3)31(27)44(41-29)25-14-16-48-17-15-25/h7-13,18,24-26,28H,4-6,14-17H2,1-3H3,(H,40,45)/t24-,26-,28-/m0/s1. The monoisotopic (exact) mass is 668 g/mol. The molecule has 0 aliphatic carbocycles. The Balaban J connectivity index is 1.74. The number of nitrogens with one attached hydrogen (secondary N) is 1. The van der Waals surface area contributed by atoms with Gasteiger partial charge in [-0.2, -0.15) is 23.5 Å². The highest BCUT2D eigenvalue weighted by Crippen LogP contribution is 2.45. The van der Waals surface area contributed by atoms with Crippen LogP contribution in [-0.2, 0) is 15.7 Å². The van der Waals surface area contributed by atoms with E-state index < -0.39 is 53.3 Å². The Morgan fingerprint density at radius 3 is 2.40 bits per heavy atom. The molecular weight excluding hydrogens is 632 g/mol. The molecule has 48 heavy (non-hydrogen) atoms. The third-order valence-corrected chi connectivity index (χ3v) is 8.89. The van der Waals surface area contributed by atoms with Gasteiger partial charge in [-0.1, -0.05) is 25.1 Å². The molecule has 0 radical (unpaired) electrons. The summed E-state index contributed by atoms with van der Waals surface area (Å²) in [6, 6.07) is 8.78. The average Bonchev–Trinajstić information content (AvgIpc) is 3.47. The number of halogens is 4. The maximum absolute atomic E-state index is 14.4. The second-order valence-corrected chi connectivity index (χ2v) is 11.7. The molecule has 3 amide bonds. The number of rotatable bonds is 9. The smallest absolute Gasteiger partial charge is 0.381 e. The first-order chi connectivity index (χ1) is 22.9. The minimum absolute atomic E-state index is 0.0364. The number of hydrogen-bond donors (Lipinski definition) is 1. The van der Waals surface area contributed by atoms with Gasteiger partial charge in [-0.25, -0.2) is 9.07 Å². The number of amides is 3. The van der Waals surface area contributed by atoms with Crippen molar-refractivity contribution < 1.29 is 36.7 Å². The largest absolute Gasteiger partial charge is 0.416 e. The Morgan fingerprint density at radius 1 is 1.12 bits per heavy atom. The Morgan fingerprint density at radius 2 is 1.81 bits per heavy atom. The van der Waals surface area contributed by atoms with E-state index in [4.69, 9.17) is 9.84 Å². The van der Waals surface area contributed by atoms with Crippen molar-refractivity contribution in [3.05, 3.63) is 82.3 Å². The molecule has 14 heteroatoms.